The Labute approximate surface area is 164 Å². The molecule has 0 aromatic heterocycles. The molecule has 1 aliphatic heterocycles. The predicted molar refractivity (Wildman–Crippen MR) is 105 cm³/mol. The molecular weight excluding hydrogens is 358 g/mol. The molecule has 0 unspecified atom stereocenters. The van der Waals surface area contributed by atoms with Crippen molar-refractivity contribution in [2.24, 2.45) is 5.92 Å². The van der Waals surface area contributed by atoms with E-state index < -0.39 is 11.9 Å². The van der Waals surface area contributed by atoms with E-state index in [0.29, 0.717) is 11.3 Å². The van der Waals surface area contributed by atoms with Gasteiger partial charge in [0.2, 0.25) is 5.91 Å². The molecule has 1 heterocycles. The Kier molecular flexibility index (Phi) is 5.78. The maximum atomic E-state index is 12.4. The fraction of sp³-hybridized carbons (Fsp3) is 0.318. The molecule has 1 amide bonds. The molecule has 6 heteroatoms. The molecular formula is C22H23NO5. The molecule has 1 atom stereocenters. The van der Waals surface area contributed by atoms with E-state index in [1.807, 2.05) is 32.0 Å². The molecule has 0 aliphatic carbocycles. The van der Waals surface area contributed by atoms with Crippen molar-refractivity contribution in [1.29, 1.82) is 0 Å². The van der Waals surface area contributed by atoms with Crippen LogP contribution >= 0.6 is 0 Å². The summed E-state index contributed by atoms with van der Waals surface area (Å²) in [5, 5.41) is 0. The second kappa shape index (κ2) is 8.25. The van der Waals surface area contributed by atoms with Gasteiger partial charge in [0.15, 0.2) is 12.4 Å². The van der Waals surface area contributed by atoms with E-state index in [1.54, 1.807) is 36.3 Å². The molecule has 146 valence electrons. The van der Waals surface area contributed by atoms with Crippen molar-refractivity contribution in [3.05, 3.63) is 59.2 Å². The summed E-state index contributed by atoms with van der Waals surface area (Å²) < 4.78 is 10.2. The molecule has 3 rings (SSSR count). The van der Waals surface area contributed by atoms with E-state index in [-0.39, 0.29) is 31.3 Å². The summed E-state index contributed by atoms with van der Waals surface area (Å²) in [5.41, 5.74) is 3.35. The first-order chi connectivity index (χ1) is 13.4. The molecule has 2 aromatic rings. The minimum Gasteiger partial charge on any atom is -0.497 e. The summed E-state index contributed by atoms with van der Waals surface area (Å²) in [7, 11) is 1.54. The monoisotopic (exact) mass is 381 g/mol. The zero-order chi connectivity index (χ0) is 20.3. The summed E-state index contributed by atoms with van der Waals surface area (Å²) in [6.07, 6.45) is 0.0863. The van der Waals surface area contributed by atoms with Crippen LogP contribution < -0.4 is 9.64 Å². The van der Waals surface area contributed by atoms with Gasteiger partial charge in [0.05, 0.1) is 13.0 Å². The third-order valence-corrected chi connectivity index (χ3v) is 5.08. The van der Waals surface area contributed by atoms with Crippen molar-refractivity contribution in [3.63, 3.8) is 0 Å². The summed E-state index contributed by atoms with van der Waals surface area (Å²) in [6, 6.07) is 12.3. The van der Waals surface area contributed by atoms with Gasteiger partial charge in [0.25, 0.3) is 0 Å². The number of ketones is 1. The summed E-state index contributed by atoms with van der Waals surface area (Å²) >= 11 is 0. The Morgan fingerprint density at radius 3 is 2.50 bits per heavy atom. The van der Waals surface area contributed by atoms with Gasteiger partial charge in [-0.2, -0.15) is 0 Å². The van der Waals surface area contributed by atoms with Gasteiger partial charge in [-0.1, -0.05) is 12.1 Å². The number of benzene rings is 2. The van der Waals surface area contributed by atoms with Crippen LogP contribution in [0, 0.1) is 19.8 Å². The van der Waals surface area contributed by atoms with Gasteiger partial charge in [0.1, 0.15) is 5.75 Å². The normalized spacial score (nSPS) is 16.2. The predicted octanol–water partition coefficient (Wildman–Crippen LogP) is 3.09. The van der Waals surface area contributed by atoms with Gasteiger partial charge >= 0.3 is 5.97 Å². The number of ether oxygens (including phenoxy) is 2. The fourth-order valence-corrected chi connectivity index (χ4v) is 3.24. The highest BCUT2D eigenvalue weighted by Crippen LogP contribution is 2.29. The van der Waals surface area contributed by atoms with Crippen LogP contribution in [0.5, 0.6) is 5.75 Å². The lowest BCUT2D eigenvalue weighted by Crippen LogP contribution is -2.27. The van der Waals surface area contributed by atoms with Crippen LogP contribution in [0.15, 0.2) is 42.5 Å². The number of hydrogen-bond acceptors (Lipinski definition) is 5. The molecule has 0 N–H and O–H groups in total. The average molecular weight is 381 g/mol. The van der Waals surface area contributed by atoms with E-state index >= 15 is 0 Å². The lowest BCUT2D eigenvalue weighted by Gasteiger charge is -2.20. The molecule has 28 heavy (non-hydrogen) atoms. The molecule has 0 radical (unpaired) electrons. The number of anilines is 1. The average Bonchev–Trinajstić information content (AvgIpc) is 3.09. The summed E-state index contributed by atoms with van der Waals surface area (Å²) in [4.78, 5) is 38.6. The van der Waals surface area contributed by atoms with Crippen LogP contribution in [0.25, 0.3) is 0 Å². The van der Waals surface area contributed by atoms with Gasteiger partial charge in [-0.25, -0.2) is 0 Å². The maximum Gasteiger partial charge on any atom is 0.311 e. The number of esters is 1. The van der Waals surface area contributed by atoms with Gasteiger partial charge in [-0.15, -0.1) is 0 Å². The highest BCUT2D eigenvalue weighted by Gasteiger charge is 2.37. The Morgan fingerprint density at radius 2 is 1.82 bits per heavy atom. The Bertz CT molecular complexity index is 904. The number of amides is 1. The molecule has 0 spiro atoms. The zero-order valence-electron chi connectivity index (χ0n) is 16.2. The number of aryl methyl sites for hydroxylation is 1. The van der Waals surface area contributed by atoms with Gasteiger partial charge < -0.3 is 14.4 Å². The van der Waals surface area contributed by atoms with Crippen LogP contribution in [0.3, 0.4) is 0 Å². The topological polar surface area (TPSA) is 72.9 Å². The Hall–Kier alpha value is -3.15. The van der Waals surface area contributed by atoms with Crippen molar-refractivity contribution >= 4 is 23.3 Å². The number of hydrogen-bond donors (Lipinski definition) is 0. The van der Waals surface area contributed by atoms with Crippen LogP contribution in [0.2, 0.25) is 0 Å². The van der Waals surface area contributed by atoms with Crippen LogP contribution in [0.4, 0.5) is 5.69 Å². The molecule has 1 aliphatic rings. The Morgan fingerprint density at radius 1 is 1.11 bits per heavy atom. The highest BCUT2D eigenvalue weighted by molar-refractivity contribution is 6.01. The second-order valence-electron chi connectivity index (χ2n) is 6.88. The number of carbonyl (C=O) groups is 3. The maximum absolute atomic E-state index is 12.4. The lowest BCUT2D eigenvalue weighted by atomic mass is 10.1. The van der Waals surface area contributed by atoms with E-state index in [1.165, 1.54) is 0 Å². The third kappa shape index (κ3) is 4.06. The molecule has 6 nitrogen and oxygen atoms in total. The zero-order valence-corrected chi connectivity index (χ0v) is 16.2. The van der Waals surface area contributed by atoms with Crippen LogP contribution in [-0.2, 0) is 14.3 Å². The minimum absolute atomic E-state index is 0.0863. The van der Waals surface area contributed by atoms with Crippen molar-refractivity contribution < 1.29 is 23.9 Å². The first kappa shape index (κ1) is 19.6. The number of carbonyl (C=O) groups excluding carboxylic acids is 3. The van der Waals surface area contributed by atoms with Crippen LogP contribution in [-0.4, -0.2) is 37.9 Å². The van der Waals surface area contributed by atoms with E-state index in [0.717, 1.165) is 16.8 Å². The van der Waals surface area contributed by atoms with Crippen LogP contribution in [0.1, 0.15) is 27.9 Å². The number of nitrogens with zero attached hydrogens (tertiary/aromatic N) is 1. The number of methoxy groups -OCH3 is 1. The highest BCUT2D eigenvalue weighted by atomic mass is 16.5. The molecule has 1 fully saturated rings. The number of Topliss-reactive ketones (excluding diaryl/α,β-unsaturated/α-hetero) is 1. The van der Waals surface area contributed by atoms with Gasteiger partial charge in [0, 0.05) is 24.2 Å². The lowest BCUT2D eigenvalue weighted by molar-refractivity contribution is -0.147. The first-order valence-electron chi connectivity index (χ1n) is 9.11. The van der Waals surface area contributed by atoms with Crippen molar-refractivity contribution in [1.82, 2.24) is 0 Å². The van der Waals surface area contributed by atoms with E-state index in [2.05, 4.69) is 0 Å². The quantitative estimate of drug-likeness (QED) is 0.568. The van der Waals surface area contributed by atoms with Crippen molar-refractivity contribution in [3.8, 4) is 5.75 Å². The van der Waals surface area contributed by atoms with Gasteiger partial charge in [-0.05, 0) is 55.3 Å². The second-order valence-corrected chi connectivity index (χ2v) is 6.88. The standard InChI is InChI=1S/C22H23NO5/c1-14-5-4-6-19(15(14)2)23-12-17(11-21(23)25)22(26)28-13-20(24)16-7-9-18(27-3)10-8-16/h4-10,17H,11-13H2,1-3H3/t17-/m0/s1. The molecule has 1 saturated heterocycles. The van der Waals surface area contributed by atoms with Gasteiger partial charge in [-0.3, -0.25) is 14.4 Å². The number of rotatable bonds is 6. The van der Waals surface area contributed by atoms with Crippen molar-refractivity contribution in [2.75, 3.05) is 25.2 Å². The fourth-order valence-electron chi connectivity index (χ4n) is 3.24. The largest absolute Gasteiger partial charge is 0.497 e. The van der Waals surface area contributed by atoms with E-state index in [9.17, 15) is 14.4 Å². The SMILES string of the molecule is COc1ccc(C(=O)COC(=O)[C@H]2CC(=O)N(c3cccc(C)c3C)C2)cc1. The Balaban J connectivity index is 1.60. The molecule has 0 bridgehead atoms. The summed E-state index contributed by atoms with van der Waals surface area (Å²) in [6.45, 7) is 3.85. The molecule has 0 saturated carbocycles. The third-order valence-electron chi connectivity index (χ3n) is 5.08. The summed E-state index contributed by atoms with van der Waals surface area (Å²) in [5.74, 6) is -0.868. The first-order valence-corrected chi connectivity index (χ1v) is 9.11. The van der Waals surface area contributed by atoms with Crippen molar-refractivity contribution in [2.45, 2.75) is 20.3 Å². The molecule has 2 aromatic carbocycles. The minimum atomic E-state index is -0.573. The smallest absolute Gasteiger partial charge is 0.311 e. The van der Waals surface area contributed by atoms with E-state index in [4.69, 9.17) is 9.47 Å².